The summed E-state index contributed by atoms with van der Waals surface area (Å²) in [5.74, 6) is -0.267. The van der Waals surface area contributed by atoms with Crippen LogP contribution in [0, 0.1) is 12.7 Å². The van der Waals surface area contributed by atoms with Crippen LogP contribution in [0.5, 0.6) is 0 Å². The summed E-state index contributed by atoms with van der Waals surface area (Å²) < 4.78 is 17.4. The fraction of sp³-hybridized carbons (Fsp3) is 0.182. The van der Waals surface area contributed by atoms with Crippen LogP contribution in [-0.4, -0.2) is 19.6 Å². The zero-order valence-corrected chi connectivity index (χ0v) is 15.9. The molecule has 0 aliphatic heterocycles. The predicted octanol–water partition coefficient (Wildman–Crippen LogP) is 4.01. The lowest BCUT2D eigenvalue weighted by atomic mass is 10.1. The molecule has 4 aromatic rings. The Balaban J connectivity index is 1.64. The van der Waals surface area contributed by atoms with Gasteiger partial charge in [0.05, 0.1) is 17.6 Å². The Labute approximate surface area is 163 Å². The summed E-state index contributed by atoms with van der Waals surface area (Å²) in [4.78, 5) is 0. The number of benzene rings is 2. The molecule has 142 valence electrons. The van der Waals surface area contributed by atoms with Gasteiger partial charge in [0.1, 0.15) is 5.82 Å². The molecule has 0 saturated heterocycles. The standard InChI is InChI=1S/C22H22FN5/c1-16-5-3-8-21(9-16)28-15-19(13-24-11-17-12-25-27(2)14-17)22(26-28)18-6-4-7-20(23)10-18/h3-10,12,14-15,24H,11,13H2,1-2H3. The lowest BCUT2D eigenvalue weighted by molar-refractivity contribution is 0.628. The van der Waals surface area contributed by atoms with E-state index in [0.29, 0.717) is 13.1 Å². The van der Waals surface area contributed by atoms with Crippen molar-refractivity contribution < 1.29 is 4.39 Å². The molecule has 0 spiro atoms. The number of aryl methyl sites for hydroxylation is 2. The zero-order chi connectivity index (χ0) is 19.5. The maximum absolute atomic E-state index is 13.8. The molecule has 1 N–H and O–H groups in total. The van der Waals surface area contributed by atoms with E-state index < -0.39 is 0 Å². The zero-order valence-electron chi connectivity index (χ0n) is 15.9. The van der Waals surface area contributed by atoms with Crippen molar-refractivity contribution in [2.45, 2.75) is 20.0 Å². The van der Waals surface area contributed by atoms with E-state index in [9.17, 15) is 4.39 Å². The van der Waals surface area contributed by atoms with Crippen LogP contribution in [0.25, 0.3) is 16.9 Å². The third-order valence-electron chi connectivity index (χ3n) is 4.56. The number of hydrogen-bond donors (Lipinski definition) is 1. The van der Waals surface area contributed by atoms with E-state index in [0.717, 1.165) is 33.6 Å². The SMILES string of the molecule is Cc1cccc(-n2cc(CNCc3cnn(C)c3)c(-c3cccc(F)c3)n2)c1. The monoisotopic (exact) mass is 375 g/mol. The Bertz CT molecular complexity index is 1100. The summed E-state index contributed by atoms with van der Waals surface area (Å²) in [5.41, 5.74) is 5.81. The number of nitrogens with one attached hydrogen (secondary N) is 1. The highest BCUT2D eigenvalue weighted by molar-refractivity contribution is 5.63. The molecule has 0 aliphatic rings. The summed E-state index contributed by atoms with van der Waals surface area (Å²) >= 11 is 0. The van der Waals surface area contributed by atoms with Gasteiger partial charge in [-0.25, -0.2) is 9.07 Å². The molecule has 5 nitrogen and oxygen atoms in total. The molecule has 0 saturated carbocycles. The number of hydrogen-bond acceptors (Lipinski definition) is 3. The number of rotatable bonds is 6. The van der Waals surface area contributed by atoms with E-state index in [1.54, 1.807) is 10.7 Å². The first-order valence-electron chi connectivity index (χ1n) is 9.18. The largest absolute Gasteiger partial charge is 0.308 e. The van der Waals surface area contributed by atoms with Gasteiger partial charge in [-0.05, 0) is 36.8 Å². The van der Waals surface area contributed by atoms with E-state index in [-0.39, 0.29) is 5.82 Å². The summed E-state index contributed by atoms with van der Waals surface area (Å²) in [5, 5.41) is 12.4. The first-order chi connectivity index (χ1) is 13.6. The van der Waals surface area contributed by atoms with Gasteiger partial charge in [-0.15, -0.1) is 0 Å². The topological polar surface area (TPSA) is 47.7 Å². The summed E-state index contributed by atoms with van der Waals surface area (Å²) in [7, 11) is 1.90. The maximum atomic E-state index is 13.8. The minimum absolute atomic E-state index is 0.267. The average Bonchev–Trinajstić information content (AvgIpc) is 3.28. The van der Waals surface area contributed by atoms with Gasteiger partial charge in [-0.3, -0.25) is 4.68 Å². The van der Waals surface area contributed by atoms with Gasteiger partial charge in [0.15, 0.2) is 0 Å². The fourth-order valence-corrected chi connectivity index (χ4v) is 3.23. The molecule has 2 heterocycles. The Morgan fingerprint density at radius 2 is 1.89 bits per heavy atom. The number of nitrogens with zero attached hydrogens (tertiary/aromatic N) is 4. The van der Waals surface area contributed by atoms with Crippen LogP contribution >= 0.6 is 0 Å². The molecule has 0 fully saturated rings. The van der Waals surface area contributed by atoms with Gasteiger partial charge in [-0.2, -0.15) is 10.2 Å². The van der Waals surface area contributed by atoms with Crippen molar-refractivity contribution in [2.75, 3.05) is 0 Å². The third-order valence-corrected chi connectivity index (χ3v) is 4.56. The van der Waals surface area contributed by atoms with E-state index in [1.165, 1.54) is 12.1 Å². The molecule has 0 aliphatic carbocycles. The van der Waals surface area contributed by atoms with Gasteiger partial charge in [0, 0.05) is 49.2 Å². The smallest absolute Gasteiger partial charge is 0.123 e. The minimum Gasteiger partial charge on any atom is -0.308 e. The van der Waals surface area contributed by atoms with Crippen molar-refractivity contribution in [3.8, 4) is 16.9 Å². The van der Waals surface area contributed by atoms with Crippen LogP contribution in [0.15, 0.2) is 67.1 Å². The van der Waals surface area contributed by atoms with Crippen molar-refractivity contribution in [2.24, 2.45) is 7.05 Å². The molecular weight excluding hydrogens is 353 g/mol. The molecule has 2 aromatic carbocycles. The lowest BCUT2D eigenvalue weighted by Crippen LogP contribution is -2.12. The normalized spacial score (nSPS) is 11.1. The molecule has 0 radical (unpaired) electrons. The molecule has 6 heteroatoms. The molecule has 2 aromatic heterocycles. The Morgan fingerprint density at radius 1 is 1.04 bits per heavy atom. The van der Waals surface area contributed by atoms with E-state index in [4.69, 9.17) is 5.10 Å². The molecule has 28 heavy (non-hydrogen) atoms. The van der Waals surface area contributed by atoms with Crippen molar-refractivity contribution in [3.05, 3.63) is 89.6 Å². The summed E-state index contributed by atoms with van der Waals surface area (Å²) in [6.45, 7) is 3.37. The maximum Gasteiger partial charge on any atom is 0.123 e. The molecule has 0 amide bonds. The second-order valence-electron chi connectivity index (χ2n) is 6.92. The number of halogens is 1. The van der Waals surface area contributed by atoms with Crippen molar-refractivity contribution >= 4 is 0 Å². The van der Waals surface area contributed by atoms with Crippen molar-refractivity contribution in [1.29, 1.82) is 0 Å². The van der Waals surface area contributed by atoms with E-state index in [2.05, 4.69) is 29.5 Å². The quantitative estimate of drug-likeness (QED) is 0.554. The second kappa shape index (κ2) is 7.78. The van der Waals surface area contributed by atoms with Crippen LogP contribution in [0.4, 0.5) is 4.39 Å². The highest BCUT2D eigenvalue weighted by Gasteiger charge is 2.13. The predicted molar refractivity (Wildman–Crippen MR) is 107 cm³/mol. The highest BCUT2D eigenvalue weighted by atomic mass is 19.1. The van der Waals surface area contributed by atoms with Crippen molar-refractivity contribution in [1.82, 2.24) is 24.9 Å². The summed E-state index contributed by atoms with van der Waals surface area (Å²) in [6.07, 6.45) is 5.83. The Hall–Kier alpha value is -3.25. The lowest BCUT2D eigenvalue weighted by Gasteiger charge is -2.04. The third kappa shape index (κ3) is 4.02. The Kier molecular flexibility index (Phi) is 5.04. The average molecular weight is 375 g/mol. The van der Waals surface area contributed by atoms with E-state index >= 15 is 0 Å². The van der Waals surface area contributed by atoms with Crippen LogP contribution < -0.4 is 5.32 Å². The summed E-state index contributed by atoms with van der Waals surface area (Å²) in [6, 6.07) is 14.7. The van der Waals surface area contributed by atoms with Gasteiger partial charge in [0.25, 0.3) is 0 Å². The molecule has 0 unspecified atom stereocenters. The van der Waals surface area contributed by atoms with Crippen LogP contribution in [0.1, 0.15) is 16.7 Å². The number of aromatic nitrogens is 4. The van der Waals surface area contributed by atoms with Gasteiger partial charge >= 0.3 is 0 Å². The second-order valence-corrected chi connectivity index (χ2v) is 6.92. The van der Waals surface area contributed by atoms with E-state index in [1.807, 2.05) is 48.5 Å². The molecule has 0 atom stereocenters. The Morgan fingerprint density at radius 3 is 2.64 bits per heavy atom. The van der Waals surface area contributed by atoms with Crippen LogP contribution in [0.3, 0.4) is 0 Å². The molecular formula is C22H22FN5. The van der Waals surface area contributed by atoms with Crippen molar-refractivity contribution in [3.63, 3.8) is 0 Å². The first kappa shape index (κ1) is 18.1. The minimum atomic E-state index is -0.267. The molecule has 0 bridgehead atoms. The van der Waals surface area contributed by atoms with Gasteiger partial charge in [0.2, 0.25) is 0 Å². The van der Waals surface area contributed by atoms with Crippen LogP contribution in [0.2, 0.25) is 0 Å². The van der Waals surface area contributed by atoms with Crippen LogP contribution in [-0.2, 0) is 20.1 Å². The van der Waals surface area contributed by atoms with Gasteiger partial charge in [-0.1, -0.05) is 24.3 Å². The first-order valence-corrected chi connectivity index (χ1v) is 9.18. The highest BCUT2D eigenvalue weighted by Crippen LogP contribution is 2.25. The fourth-order valence-electron chi connectivity index (χ4n) is 3.23. The molecule has 4 rings (SSSR count). The van der Waals surface area contributed by atoms with Gasteiger partial charge < -0.3 is 5.32 Å².